The van der Waals surface area contributed by atoms with Gasteiger partial charge in [-0.1, -0.05) is 42.7 Å². The molecule has 5 heteroatoms. The number of rotatable bonds is 4. The summed E-state index contributed by atoms with van der Waals surface area (Å²) in [5, 5.41) is 2.99. The van der Waals surface area contributed by atoms with Gasteiger partial charge in [-0.15, -0.1) is 0 Å². The summed E-state index contributed by atoms with van der Waals surface area (Å²) >= 11 is 0. The van der Waals surface area contributed by atoms with Crippen LogP contribution in [0.1, 0.15) is 60.1 Å². The lowest BCUT2D eigenvalue weighted by molar-refractivity contribution is 0.0526. The van der Waals surface area contributed by atoms with E-state index in [4.69, 9.17) is 4.74 Å². The van der Waals surface area contributed by atoms with Crippen molar-refractivity contribution in [2.75, 3.05) is 18.5 Å². The highest BCUT2D eigenvalue weighted by molar-refractivity contribution is 5.92. The number of nitrogens with one attached hydrogen (secondary N) is 1. The maximum Gasteiger partial charge on any atom is 0.338 e. The van der Waals surface area contributed by atoms with E-state index in [9.17, 15) is 9.59 Å². The number of carbonyl (C=O) groups is 2. The van der Waals surface area contributed by atoms with Crippen LogP contribution in [0.4, 0.5) is 10.5 Å². The number of nitrogens with zero attached hydrogens (tertiary/aromatic N) is 1. The van der Waals surface area contributed by atoms with E-state index in [0.717, 1.165) is 32.2 Å². The summed E-state index contributed by atoms with van der Waals surface area (Å²) in [4.78, 5) is 26.8. The lowest BCUT2D eigenvalue weighted by Crippen LogP contribution is -2.38. The Morgan fingerprint density at radius 2 is 1.89 bits per heavy atom. The second-order valence-corrected chi connectivity index (χ2v) is 7.20. The first-order chi connectivity index (χ1) is 13.6. The van der Waals surface area contributed by atoms with Gasteiger partial charge in [-0.3, -0.25) is 0 Å². The van der Waals surface area contributed by atoms with Crippen LogP contribution in [-0.4, -0.2) is 30.1 Å². The van der Waals surface area contributed by atoms with E-state index in [2.05, 4.69) is 36.5 Å². The quantitative estimate of drug-likeness (QED) is 0.730. The molecule has 5 nitrogen and oxygen atoms in total. The minimum Gasteiger partial charge on any atom is -0.462 e. The Morgan fingerprint density at radius 1 is 1.11 bits per heavy atom. The van der Waals surface area contributed by atoms with Crippen LogP contribution in [0.15, 0.2) is 48.5 Å². The molecule has 0 spiro atoms. The molecule has 0 aliphatic carbocycles. The van der Waals surface area contributed by atoms with Gasteiger partial charge in [0, 0.05) is 12.2 Å². The average molecular weight is 380 g/mol. The summed E-state index contributed by atoms with van der Waals surface area (Å²) in [6.45, 7) is 4.94. The van der Waals surface area contributed by atoms with Crippen molar-refractivity contribution in [3.05, 3.63) is 65.2 Å². The normalized spacial score (nSPS) is 16.9. The fourth-order valence-corrected chi connectivity index (χ4v) is 3.67. The second-order valence-electron chi connectivity index (χ2n) is 7.20. The zero-order valence-electron chi connectivity index (χ0n) is 16.6. The molecule has 28 heavy (non-hydrogen) atoms. The van der Waals surface area contributed by atoms with Gasteiger partial charge in [0.25, 0.3) is 0 Å². The molecular formula is C23H28N2O3. The molecule has 1 aliphatic rings. The van der Waals surface area contributed by atoms with Crippen molar-refractivity contribution in [3.8, 4) is 0 Å². The van der Waals surface area contributed by atoms with Crippen molar-refractivity contribution in [1.29, 1.82) is 0 Å². The molecule has 1 atom stereocenters. The third-order valence-electron chi connectivity index (χ3n) is 5.09. The van der Waals surface area contributed by atoms with Crippen LogP contribution >= 0.6 is 0 Å². The molecule has 2 aromatic rings. The van der Waals surface area contributed by atoms with Crippen LogP contribution in [-0.2, 0) is 4.74 Å². The highest BCUT2D eigenvalue weighted by Gasteiger charge is 2.27. The molecule has 1 aliphatic heterocycles. The number of carbonyl (C=O) groups excluding carboxylic acids is 2. The van der Waals surface area contributed by atoms with Gasteiger partial charge < -0.3 is 15.0 Å². The van der Waals surface area contributed by atoms with Crippen LogP contribution in [0.25, 0.3) is 0 Å². The van der Waals surface area contributed by atoms with Crippen molar-refractivity contribution >= 4 is 17.7 Å². The Labute approximate surface area is 166 Å². The molecule has 0 aromatic heterocycles. The number of urea groups is 1. The van der Waals surface area contributed by atoms with Gasteiger partial charge in [-0.05, 0) is 56.5 Å². The molecule has 0 bridgehead atoms. The fraction of sp³-hybridized carbons (Fsp3) is 0.391. The summed E-state index contributed by atoms with van der Waals surface area (Å²) in [7, 11) is 0. The van der Waals surface area contributed by atoms with E-state index in [1.807, 2.05) is 4.90 Å². The highest BCUT2D eigenvalue weighted by atomic mass is 16.5. The Kier molecular flexibility index (Phi) is 6.69. The van der Waals surface area contributed by atoms with Crippen LogP contribution in [0.5, 0.6) is 0 Å². The Morgan fingerprint density at radius 3 is 2.61 bits per heavy atom. The Balaban J connectivity index is 1.74. The highest BCUT2D eigenvalue weighted by Crippen LogP contribution is 2.31. The second kappa shape index (κ2) is 9.40. The minimum atomic E-state index is -0.354. The summed E-state index contributed by atoms with van der Waals surface area (Å²) in [6.07, 6.45) is 4.24. The maximum absolute atomic E-state index is 13.0. The molecule has 2 aromatic carbocycles. The largest absolute Gasteiger partial charge is 0.462 e. The summed E-state index contributed by atoms with van der Waals surface area (Å²) in [5.74, 6) is -0.354. The number of anilines is 1. The zero-order valence-corrected chi connectivity index (χ0v) is 16.6. The molecule has 1 saturated heterocycles. The summed E-state index contributed by atoms with van der Waals surface area (Å²) in [5.41, 5.74) is 3.55. The van der Waals surface area contributed by atoms with Crippen molar-refractivity contribution in [2.45, 2.75) is 45.6 Å². The molecule has 3 rings (SSSR count). The van der Waals surface area contributed by atoms with E-state index in [-0.39, 0.29) is 18.0 Å². The number of hydrogen-bond donors (Lipinski definition) is 1. The van der Waals surface area contributed by atoms with Gasteiger partial charge in [0.2, 0.25) is 0 Å². The molecule has 1 N–H and O–H groups in total. The standard InChI is InChI=1S/C23H28N2O3/c1-3-28-22(26)18-11-13-20(14-12-18)24-23(27)25-15-6-4-5-10-21(25)19-9-7-8-17(2)16-19/h7-9,11-14,16,21H,3-6,10,15H2,1-2H3,(H,24,27)/t21-/m1/s1. The molecule has 1 fully saturated rings. The van der Waals surface area contributed by atoms with Crippen molar-refractivity contribution in [1.82, 2.24) is 4.90 Å². The molecule has 1 heterocycles. The van der Waals surface area contributed by atoms with Crippen LogP contribution in [0.2, 0.25) is 0 Å². The predicted octanol–water partition coefficient (Wildman–Crippen LogP) is 5.32. The Hall–Kier alpha value is -2.82. The van der Waals surface area contributed by atoms with Crippen molar-refractivity contribution in [2.24, 2.45) is 0 Å². The molecule has 148 valence electrons. The number of amides is 2. The third-order valence-corrected chi connectivity index (χ3v) is 5.09. The monoisotopic (exact) mass is 380 g/mol. The molecule has 2 amide bonds. The van der Waals surface area contributed by atoms with Gasteiger partial charge >= 0.3 is 12.0 Å². The molecule has 0 saturated carbocycles. The van der Waals surface area contributed by atoms with Gasteiger partial charge in [0.1, 0.15) is 0 Å². The topological polar surface area (TPSA) is 58.6 Å². The number of esters is 1. The SMILES string of the molecule is CCOC(=O)c1ccc(NC(=O)N2CCCCC[C@@H]2c2cccc(C)c2)cc1. The lowest BCUT2D eigenvalue weighted by Gasteiger charge is -2.31. The maximum atomic E-state index is 13.0. The molecule has 0 radical (unpaired) electrons. The molecular weight excluding hydrogens is 352 g/mol. The first kappa shape index (κ1) is 19.9. The average Bonchev–Trinajstić information content (AvgIpc) is 2.95. The van der Waals surface area contributed by atoms with Gasteiger partial charge in [0.15, 0.2) is 0 Å². The minimum absolute atomic E-state index is 0.0844. The summed E-state index contributed by atoms with van der Waals surface area (Å²) in [6, 6.07) is 15.2. The number of aryl methyl sites for hydroxylation is 1. The predicted molar refractivity (Wildman–Crippen MR) is 111 cm³/mol. The number of hydrogen-bond acceptors (Lipinski definition) is 3. The zero-order chi connectivity index (χ0) is 19.9. The first-order valence-corrected chi connectivity index (χ1v) is 10.00. The van der Waals surface area contributed by atoms with Crippen molar-refractivity contribution < 1.29 is 14.3 Å². The van der Waals surface area contributed by atoms with E-state index in [1.54, 1.807) is 31.2 Å². The molecule has 0 unspecified atom stereocenters. The van der Waals surface area contributed by atoms with Crippen LogP contribution in [0.3, 0.4) is 0 Å². The smallest absolute Gasteiger partial charge is 0.338 e. The van der Waals surface area contributed by atoms with E-state index in [1.165, 1.54) is 11.1 Å². The summed E-state index contributed by atoms with van der Waals surface area (Å²) < 4.78 is 5.00. The van der Waals surface area contributed by atoms with Crippen molar-refractivity contribution in [3.63, 3.8) is 0 Å². The third kappa shape index (κ3) is 4.91. The van der Waals surface area contributed by atoms with Crippen LogP contribution in [0, 0.1) is 6.92 Å². The van der Waals surface area contributed by atoms with E-state index < -0.39 is 0 Å². The first-order valence-electron chi connectivity index (χ1n) is 10.00. The van der Waals surface area contributed by atoms with E-state index in [0.29, 0.717) is 17.9 Å². The fourth-order valence-electron chi connectivity index (χ4n) is 3.67. The number of ether oxygens (including phenoxy) is 1. The van der Waals surface area contributed by atoms with Gasteiger partial charge in [-0.25, -0.2) is 9.59 Å². The number of likely N-dealkylation sites (tertiary alicyclic amines) is 1. The number of benzene rings is 2. The van der Waals surface area contributed by atoms with Crippen LogP contribution < -0.4 is 5.32 Å². The van der Waals surface area contributed by atoms with Gasteiger partial charge in [0.05, 0.1) is 18.2 Å². The van der Waals surface area contributed by atoms with Gasteiger partial charge in [-0.2, -0.15) is 0 Å². The van der Waals surface area contributed by atoms with E-state index >= 15 is 0 Å². The Bertz CT molecular complexity index is 817. The lowest BCUT2D eigenvalue weighted by atomic mass is 9.99.